The largest absolute Gasteiger partial charge is 0.294 e. The van der Waals surface area contributed by atoms with E-state index < -0.39 is 11.6 Å². The lowest BCUT2D eigenvalue weighted by Gasteiger charge is -2.19. The topological polar surface area (TPSA) is 17.1 Å². The van der Waals surface area contributed by atoms with Crippen LogP contribution in [-0.4, -0.2) is 11.5 Å². The van der Waals surface area contributed by atoms with E-state index in [4.69, 9.17) is 0 Å². The van der Waals surface area contributed by atoms with E-state index in [2.05, 4.69) is 0 Å². The highest BCUT2D eigenvalue weighted by molar-refractivity contribution is 7.99. The zero-order valence-corrected chi connectivity index (χ0v) is 8.33. The zero-order valence-electron chi connectivity index (χ0n) is 7.51. The fraction of sp³-hybridized carbons (Fsp3) is 0.300. The van der Waals surface area contributed by atoms with Gasteiger partial charge in [-0.3, -0.25) is 4.79 Å². The van der Waals surface area contributed by atoms with Crippen molar-refractivity contribution in [2.75, 3.05) is 5.75 Å². The van der Waals surface area contributed by atoms with Crippen LogP contribution in [0, 0.1) is 17.6 Å². The Bertz CT molecular complexity index is 403. The first-order valence-electron chi connectivity index (χ1n) is 4.25. The van der Waals surface area contributed by atoms with Crippen LogP contribution < -0.4 is 0 Å². The van der Waals surface area contributed by atoms with Crippen LogP contribution >= 0.6 is 11.8 Å². The molecule has 1 aliphatic heterocycles. The van der Waals surface area contributed by atoms with Crippen molar-refractivity contribution < 1.29 is 13.6 Å². The number of Topliss-reactive ketones (excluding diaryl/α,β-unsaturated/α-hetero) is 1. The van der Waals surface area contributed by atoms with Gasteiger partial charge in [0.2, 0.25) is 0 Å². The summed E-state index contributed by atoms with van der Waals surface area (Å²) in [5.74, 6) is -1.42. The molecule has 1 nitrogen and oxygen atoms in total. The fourth-order valence-corrected chi connectivity index (χ4v) is 2.48. The maximum atomic E-state index is 12.9. The highest BCUT2D eigenvalue weighted by Crippen LogP contribution is 2.33. The van der Waals surface area contributed by atoms with Crippen molar-refractivity contribution in [2.24, 2.45) is 5.92 Å². The second kappa shape index (κ2) is 3.35. The van der Waals surface area contributed by atoms with Gasteiger partial charge in [0.1, 0.15) is 0 Å². The molecule has 0 saturated carbocycles. The minimum Gasteiger partial charge on any atom is -0.294 e. The molecule has 4 heteroatoms. The Morgan fingerprint density at radius 3 is 2.71 bits per heavy atom. The standard InChI is InChI=1S/C10H8F2OS/c1-5-4-14-9-3-8(12)7(11)2-6(9)10(5)13/h2-3,5H,4H2,1H3. The summed E-state index contributed by atoms with van der Waals surface area (Å²) in [6.45, 7) is 1.79. The molecule has 2 rings (SSSR count). The van der Waals surface area contributed by atoms with Crippen LogP contribution in [0.4, 0.5) is 8.78 Å². The minimum absolute atomic E-state index is 0.0994. The van der Waals surface area contributed by atoms with E-state index in [9.17, 15) is 13.6 Å². The molecule has 1 heterocycles. The molecule has 0 radical (unpaired) electrons. The molecule has 0 spiro atoms. The van der Waals surface area contributed by atoms with Crippen molar-refractivity contribution in [3.63, 3.8) is 0 Å². The average molecular weight is 214 g/mol. The van der Waals surface area contributed by atoms with Crippen LogP contribution in [0.5, 0.6) is 0 Å². The molecular weight excluding hydrogens is 206 g/mol. The maximum Gasteiger partial charge on any atom is 0.167 e. The summed E-state index contributed by atoms with van der Waals surface area (Å²) >= 11 is 1.40. The third-order valence-electron chi connectivity index (χ3n) is 2.22. The average Bonchev–Trinajstić information content (AvgIpc) is 2.15. The van der Waals surface area contributed by atoms with Gasteiger partial charge in [-0.2, -0.15) is 0 Å². The van der Waals surface area contributed by atoms with Gasteiger partial charge < -0.3 is 0 Å². The number of hydrogen-bond donors (Lipinski definition) is 0. The predicted molar refractivity (Wildman–Crippen MR) is 50.6 cm³/mol. The molecule has 0 bridgehead atoms. The van der Waals surface area contributed by atoms with Crippen molar-refractivity contribution >= 4 is 17.5 Å². The zero-order chi connectivity index (χ0) is 10.3. The van der Waals surface area contributed by atoms with Crippen molar-refractivity contribution in [1.29, 1.82) is 0 Å². The second-order valence-electron chi connectivity index (χ2n) is 3.34. The number of fused-ring (bicyclic) bond motifs is 1. The van der Waals surface area contributed by atoms with Gasteiger partial charge in [0.25, 0.3) is 0 Å². The number of halogens is 2. The molecule has 14 heavy (non-hydrogen) atoms. The number of hydrogen-bond acceptors (Lipinski definition) is 2. The van der Waals surface area contributed by atoms with E-state index in [0.717, 1.165) is 12.1 Å². The molecule has 74 valence electrons. The molecule has 1 aromatic rings. The van der Waals surface area contributed by atoms with Gasteiger partial charge in [-0.15, -0.1) is 11.8 Å². The third kappa shape index (κ3) is 1.43. The molecule has 1 atom stereocenters. The maximum absolute atomic E-state index is 12.9. The van der Waals surface area contributed by atoms with Gasteiger partial charge >= 0.3 is 0 Å². The van der Waals surface area contributed by atoms with E-state index in [0.29, 0.717) is 16.2 Å². The molecule has 0 N–H and O–H groups in total. The quantitative estimate of drug-likeness (QED) is 0.660. The van der Waals surface area contributed by atoms with E-state index in [1.807, 2.05) is 0 Å². The van der Waals surface area contributed by atoms with E-state index in [1.165, 1.54) is 11.8 Å². The van der Waals surface area contributed by atoms with Gasteiger partial charge in [0, 0.05) is 22.1 Å². The van der Waals surface area contributed by atoms with Crippen LogP contribution in [0.1, 0.15) is 17.3 Å². The van der Waals surface area contributed by atoms with Crippen molar-refractivity contribution in [3.8, 4) is 0 Å². The first kappa shape index (κ1) is 9.65. The van der Waals surface area contributed by atoms with E-state index >= 15 is 0 Å². The summed E-state index contributed by atoms with van der Waals surface area (Å²) in [7, 11) is 0. The van der Waals surface area contributed by atoms with Crippen LogP contribution in [0.2, 0.25) is 0 Å². The third-order valence-corrected chi connectivity index (χ3v) is 3.54. The Morgan fingerprint density at radius 2 is 2.00 bits per heavy atom. The minimum atomic E-state index is -0.952. The fourth-order valence-electron chi connectivity index (χ4n) is 1.40. The summed E-state index contributed by atoms with van der Waals surface area (Å²) in [4.78, 5) is 12.1. The number of rotatable bonds is 0. The highest BCUT2D eigenvalue weighted by Gasteiger charge is 2.26. The van der Waals surface area contributed by atoms with Crippen LogP contribution in [0.25, 0.3) is 0 Å². The molecule has 0 aromatic heterocycles. The monoisotopic (exact) mass is 214 g/mol. The van der Waals surface area contributed by atoms with Crippen LogP contribution in [0.3, 0.4) is 0 Å². The first-order valence-corrected chi connectivity index (χ1v) is 5.24. The Labute approximate surface area is 84.5 Å². The molecule has 1 unspecified atom stereocenters. The molecular formula is C10H8F2OS. The molecule has 0 fully saturated rings. The molecule has 0 saturated heterocycles. The van der Waals surface area contributed by atoms with Gasteiger partial charge in [-0.05, 0) is 12.1 Å². The Kier molecular flexibility index (Phi) is 2.31. The first-order chi connectivity index (χ1) is 6.59. The number of benzene rings is 1. The van der Waals surface area contributed by atoms with Crippen LogP contribution in [-0.2, 0) is 0 Å². The molecule has 0 aliphatic carbocycles. The van der Waals surface area contributed by atoms with Crippen molar-refractivity contribution in [1.82, 2.24) is 0 Å². The summed E-state index contributed by atoms with van der Waals surface area (Å²) in [5.41, 5.74) is 0.313. The van der Waals surface area contributed by atoms with Crippen LogP contribution in [0.15, 0.2) is 17.0 Å². The predicted octanol–water partition coefficient (Wildman–Crippen LogP) is 2.89. The van der Waals surface area contributed by atoms with Gasteiger partial charge in [0.05, 0.1) is 0 Å². The lowest BCUT2D eigenvalue weighted by Crippen LogP contribution is -2.19. The summed E-state index contributed by atoms with van der Waals surface area (Å²) in [6, 6.07) is 2.09. The van der Waals surface area contributed by atoms with Crippen molar-refractivity contribution in [2.45, 2.75) is 11.8 Å². The lowest BCUT2D eigenvalue weighted by molar-refractivity contribution is 0.0935. The van der Waals surface area contributed by atoms with Gasteiger partial charge in [-0.25, -0.2) is 8.78 Å². The summed E-state index contributed by atoms with van der Waals surface area (Å²) < 4.78 is 25.7. The number of thioether (sulfide) groups is 1. The summed E-state index contributed by atoms with van der Waals surface area (Å²) in [6.07, 6.45) is 0. The second-order valence-corrected chi connectivity index (χ2v) is 4.40. The highest BCUT2D eigenvalue weighted by atomic mass is 32.2. The number of ketones is 1. The number of carbonyl (C=O) groups is 1. The Hall–Kier alpha value is -0.900. The normalized spacial score (nSPS) is 20.8. The molecule has 0 amide bonds. The molecule has 1 aromatic carbocycles. The van der Waals surface area contributed by atoms with Gasteiger partial charge in [0.15, 0.2) is 17.4 Å². The number of carbonyl (C=O) groups excluding carboxylic acids is 1. The molecule has 1 aliphatic rings. The van der Waals surface area contributed by atoms with E-state index in [1.54, 1.807) is 6.92 Å². The van der Waals surface area contributed by atoms with Crippen molar-refractivity contribution in [3.05, 3.63) is 29.3 Å². The smallest absolute Gasteiger partial charge is 0.167 e. The summed E-state index contributed by atoms with van der Waals surface area (Å²) in [5, 5.41) is 0. The van der Waals surface area contributed by atoms with E-state index in [-0.39, 0.29) is 11.7 Å². The Morgan fingerprint density at radius 1 is 1.36 bits per heavy atom. The SMILES string of the molecule is CC1CSc2cc(F)c(F)cc2C1=O. The van der Waals surface area contributed by atoms with Gasteiger partial charge in [-0.1, -0.05) is 6.92 Å². The lowest BCUT2D eigenvalue weighted by atomic mass is 10.0. The Balaban J connectivity index is 2.56.